The molecule has 2 heterocycles. The summed E-state index contributed by atoms with van der Waals surface area (Å²) in [5, 5.41) is 10.4. The van der Waals surface area contributed by atoms with Crippen molar-refractivity contribution in [3.8, 4) is 11.5 Å². The second-order valence-electron chi connectivity index (χ2n) is 8.51. The summed E-state index contributed by atoms with van der Waals surface area (Å²) in [5.41, 5.74) is 6.57. The maximum Gasteiger partial charge on any atom is 0.220 e. The fraction of sp³-hybridized carbons (Fsp3) is 0.682. The Bertz CT molecular complexity index is 686. The predicted octanol–water partition coefficient (Wildman–Crippen LogP) is 0.380. The first-order valence-electron chi connectivity index (χ1n) is 10.8. The summed E-state index contributed by atoms with van der Waals surface area (Å²) in [4.78, 5) is 18.2. The minimum Gasteiger partial charge on any atom is -0.493 e. The first-order valence-corrected chi connectivity index (χ1v) is 10.8. The molecule has 8 nitrogen and oxygen atoms in total. The summed E-state index contributed by atoms with van der Waals surface area (Å²) >= 11 is 0. The number of aliphatic hydroxyl groups is 1. The van der Waals surface area contributed by atoms with Crippen molar-refractivity contribution in [1.29, 1.82) is 0 Å². The average Bonchev–Trinajstić information content (AvgIpc) is 2.74. The number of nitrogens with zero attached hydrogens (tertiary/aromatic N) is 3. The Morgan fingerprint density at radius 3 is 2.47 bits per heavy atom. The molecule has 8 heteroatoms. The van der Waals surface area contributed by atoms with Gasteiger partial charge in [-0.1, -0.05) is 6.07 Å². The predicted molar refractivity (Wildman–Crippen MR) is 116 cm³/mol. The van der Waals surface area contributed by atoms with Crippen LogP contribution in [-0.4, -0.2) is 98.4 Å². The van der Waals surface area contributed by atoms with E-state index in [2.05, 4.69) is 27.8 Å². The summed E-state index contributed by atoms with van der Waals surface area (Å²) in [6, 6.07) is 6.02. The highest BCUT2D eigenvalue weighted by molar-refractivity contribution is 5.76. The third-order valence-electron chi connectivity index (χ3n) is 6.12. The van der Waals surface area contributed by atoms with Crippen LogP contribution in [0.2, 0.25) is 0 Å². The Kier molecular flexibility index (Phi) is 8.32. The molecule has 1 aromatic rings. The van der Waals surface area contributed by atoms with Crippen molar-refractivity contribution in [2.75, 3.05) is 66.6 Å². The molecule has 3 N–H and O–H groups in total. The van der Waals surface area contributed by atoms with E-state index in [-0.39, 0.29) is 18.4 Å². The molecule has 0 radical (unpaired) electrons. The molecule has 30 heavy (non-hydrogen) atoms. The number of aliphatic hydroxyl groups excluding tert-OH is 1. The number of likely N-dealkylation sites (tertiary alicyclic amines) is 1. The number of likely N-dealkylation sites (N-methyl/N-ethyl adjacent to an activating group) is 1. The number of ether oxygens (including phenoxy) is 2. The zero-order valence-electron chi connectivity index (χ0n) is 18.3. The number of rotatable bonds is 9. The molecule has 1 unspecified atom stereocenters. The van der Waals surface area contributed by atoms with Crippen molar-refractivity contribution in [3.05, 3.63) is 23.8 Å². The fourth-order valence-corrected chi connectivity index (χ4v) is 4.13. The number of methoxy groups -OCH3 is 1. The molecule has 2 aliphatic rings. The van der Waals surface area contributed by atoms with Crippen LogP contribution in [0.1, 0.15) is 18.4 Å². The van der Waals surface area contributed by atoms with E-state index in [4.69, 9.17) is 15.2 Å². The van der Waals surface area contributed by atoms with Gasteiger partial charge < -0.3 is 30.1 Å². The Morgan fingerprint density at radius 2 is 1.83 bits per heavy atom. The smallest absolute Gasteiger partial charge is 0.220 e. The van der Waals surface area contributed by atoms with Crippen LogP contribution in [0.15, 0.2) is 18.2 Å². The van der Waals surface area contributed by atoms with Gasteiger partial charge in [0.15, 0.2) is 11.5 Å². The average molecular weight is 421 g/mol. The van der Waals surface area contributed by atoms with E-state index in [1.807, 2.05) is 12.1 Å². The third-order valence-corrected chi connectivity index (χ3v) is 6.12. The highest BCUT2D eigenvalue weighted by Gasteiger charge is 2.24. The highest BCUT2D eigenvalue weighted by atomic mass is 16.5. The number of carbonyl (C=O) groups excluding carboxylic acids is 1. The van der Waals surface area contributed by atoms with Crippen molar-refractivity contribution in [2.45, 2.75) is 25.5 Å². The molecule has 0 saturated carbocycles. The van der Waals surface area contributed by atoms with E-state index in [1.54, 1.807) is 7.11 Å². The molecule has 3 rings (SSSR count). The number of hydrogen-bond acceptors (Lipinski definition) is 7. The monoisotopic (exact) mass is 420 g/mol. The van der Waals surface area contributed by atoms with Gasteiger partial charge in [-0.25, -0.2) is 0 Å². The summed E-state index contributed by atoms with van der Waals surface area (Å²) in [6.07, 6.45) is 0.900. The van der Waals surface area contributed by atoms with Crippen LogP contribution in [0.3, 0.4) is 0 Å². The lowest BCUT2D eigenvalue weighted by atomic mass is 9.96. The van der Waals surface area contributed by atoms with Gasteiger partial charge in [-0.2, -0.15) is 0 Å². The highest BCUT2D eigenvalue weighted by Crippen LogP contribution is 2.29. The van der Waals surface area contributed by atoms with Crippen LogP contribution < -0.4 is 15.2 Å². The maximum atomic E-state index is 11.3. The quantitative estimate of drug-likeness (QED) is 0.597. The van der Waals surface area contributed by atoms with Crippen molar-refractivity contribution in [1.82, 2.24) is 14.7 Å². The van der Waals surface area contributed by atoms with Gasteiger partial charge in [-0.3, -0.25) is 9.69 Å². The minimum atomic E-state index is -0.610. The Hall–Kier alpha value is -1.87. The second kappa shape index (κ2) is 10.9. The minimum absolute atomic E-state index is 0.0399. The Balaban J connectivity index is 1.49. The van der Waals surface area contributed by atoms with Gasteiger partial charge in [0.25, 0.3) is 0 Å². The zero-order chi connectivity index (χ0) is 21.5. The van der Waals surface area contributed by atoms with Gasteiger partial charge in [0.2, 0.25) is 5.91 Å². The zero-order valence-corrected chi connectivity index (χ0v) is 18.3. The number of primary amides is 1. The number of carbonyl (C=O) groups is 1. The number of amides is 1. The Labute approximate surface area is 179 Å². The van der Waals surface area contributed by atoms with E-state index in [9.17, 15) is 9.90 Å². The fourth-order valence-electron chi connectivity index (χ4n) is 4.13. The molecule has 0 spiro atoms. The first kappa shape index (κ1) is 22.8. The van der Waals surface area contributed by atoms with Crippen LogP contribution >= 0.6 is 0 Å². The van der Waals surface area contributed by atoms with Crippen molar-refractivity contribution < 1.29 is 19.4 Å². The van der Waals surface area contributed by atoms with E-state index in [0.29, 0.717) is 18.0 Å². The van der Waals surface area contributed by atoms with Gasteiger partial charge >= 0.3 is 0 Å². The number of benzene rings is 1. The van der Waals surface area contributed by atoms with Crippen molar-refractivity contribution in [2.24, 2.45) is 11.7 Å². The summed E-state index contributed by atoms with van der Waals surface area (Å²) in [5.74, 6) is 1.08. The number of hydrogen-bond donors (Lipinski definition) is 2. The third kappa shape index (κ3) is 6.57. The van der Waals surface area contributed by atoms with E-state index >= 15 is 0 Å². The van der Waals surface area contributed by atoms with E-state index < -0.39 is 6.10 Å². The van der Waals surface area contributed by atoms with Crippen molar-refractivity contribution in [3.63, 3.8) is 0 Å². The molecule has 0 aliphatic carbocycles. The van der Waals surface area contributed by atoms with Crippen LogP contribution in [0.4, 0.5) is 0 Å². The van der Waals surface area contributed by atoms with Crippen LogP contribution in [-0.2, 0) is 11.3 Å². The van der Waals surface area contributed by atoms with Gasteiger partial charge in [0, 0.05) is 45.2 Å². The first-order chi connectivity index (χ1) is 14.4. The lowest BCUT2D eigenvalue weighted by Gasteiger charge is -2.32. The molecule has 2 aliphatic heterocycles. The number of piperidine rings is 1. The summed E-state index contributed by atoms with van der Waals surface area (Å²) in [7, 11) is 3.78. The van der Waals surface area contributed by atoms with Crippen LogP contribution in [0.5, 0.6) is 11.5 Å². The van der Waals surface area contributed by atoms with Gasteiger partial charge in [-0.05, 0) is 50.7 Å². The molecule has 0 bridgehead atoms. The maximum absolute atomic E-state index is 11.3. The Morgan fingerprint density at radius 1 is 1.13 bits per heavy atom. The topological polar surface area (TPSA) is 91.5 Å². The number of β-amino-alcohol motifs (C(OH)–C–C–N with tert-alkyl or cyclic N) is 1. The molecular weight excluding hydrogens is 384 g/mol. The molecule has 2 fully saturated rings. The molecule has 2 saturated heterocycles. The van der Waals surface area contributed by atoms with Crippen LogP contribution in [0.25, 0.3) is 0 Å². The lowest BCUT2D eigenvalue weighted by Crippen LogP contribution is -2.43. The summed E-state index contributed by atoms with van der Waals surface area (Å²) in [6.45, 7) is 7.44. The molecule has 0 aromatic heterocycles. The standard InChI is InChI=1S/C22H36N4O4/c1-24-9-11-26(12-10-24)14-17-3-4-20(29-2)21(13-17)30-16-19(27)15-25-7-5-18(6-8-25)22(23)28/h3-4,13,18-19,27H,5-12,14-16H2,1-2H3,(H2,23,28). The molecule has 168 valence electrons. The normalized spacial score (nSPS) is 20.8. The number of nitrogens with two attached hydrogens (primary N) is 1. The van der Waals surface area contributed by atoms with Crippen LogP contribution in [0, 0.1) is 5.92 Å². The SMILES string of the molecule is COc1ccc(CN2CCN(C)CC2)cc1OCC(O)CN1CCC(C(N)=O)CC1. The van der Waals surface area contributed by atoms with Gasteiger partial charge in [-0.15, -0.1) is 0 Å². The molecule has 1 atom stereocenters. The second-order valence-corrected chi connectivity index (χ2v) is 8.51. The number of piperazine rings is 1. The molecular formula is C22H36N4O4. The van der Waals surface area contributed by atoms with Crippen molar-refractivity contribution >= 4 is 5.91 Å². The largest absolute Gasteiger partial charge is 0.493 e. The summed E-state index contributed by atoms with van der Waals surface area (Å²) < 4.78 is 11.4. The van der Waals surface area contributed by atoms with E-state index in [0.717, 1.165) is 58.7 Å². The van der Waals surface area contributed by atoms with E-state index in [1.165, 1.54) is 5.56 Å². The van der Waals surface area contributed by atoms with Gasteiger partial charge in [0.05, 0.1) is 7.11 Å². The molecule has 1 aromatic carbocycles. The lowest BCUT2D eigenvalue weighted by molar-refractivity contribution is -0.123. The molecule has 1 amide bonds. The van der Waals surface area contributed by atoms with Gasteiger partial charge in [0.1, 0.15) is 12.7 Å².